The van der Waals surface area contributed by atoms with E-state index in [1.807, 2.05) is 0 Å². The normalized spacial score (nSPS) is 11.2. The van der Waals surface area contributed by atoms with Crippen LogP contribution in [0.5, 0.6) is 5.75 Å². The van der Waals surface area contributed by atoms with Gasteiger partial charge in [0.05, 0.1) is 10.3 Å². The lowest BCUT2D eigenvalue weighted by Crippen LogP contribution is -1.96. The van der Waals surface area contributed by atoms with E-state index in [1.165, 1.54) is 12.1 Å². The Morgan fingerprint density at radius 3 is 2.25 bits per heavy atom. The molecule has 102 valence electrons. The molecule has 0 radical (unpaired) electrons. The first-order chi connectivity index (χ1) is 9.50. The summed E-state index contributed by atoms with van der Waals surface area (Å²) in [6.07, 6.45) is 0. The molecule has 0 amide bonds. The molecular formula is C13H5F4NOS. The first-order valence-corrected chi connectivity index (χ1v) is 6.23. The molecule has 0 bridgehead atoms. The van der Waals surface area contributed by atoms with E-state index < -0.39 is 33.5 Å². The average Bonchev–Trinajstić information content (AvgIpc) is 2.88. The van der Waals surface area contributed by atoms with Gasteiger partial charge in [0.1, 0.15) is 16.3 Å². The lowest BCUT2D eigenvalue weighted by molar-refractivity contribution is 0.418. The predicted octanol–water partition coefficient (Wildman–Crippen LogP) is 4.23. The van der Waals surface area contributed by atoms with E-state index in [0.717, 1.165) is 0 Å². The summed E-state index contributed by atoms with van der Waals surface area (Å²) in [4.78, 5) is 3.74. The molecule has 1 aromatic heterocycles. The Kier molecular flexibility index (Phi) is 2.86. The summed E-state index contributed by atoms with van der Waals surface area (Å²) < 4.78 is 53.0. The smallest absolute Gasteiger partial charge is 0.199 e. The molecule has 1 heterocycles. The zero-order valence-electron chi connectivity index (χ0n) is 9.62. The molecule has 0 saturated carbocycles. The Morgan fingerprint density at radius 1 is 0.900 bits per heavy atom. The van der Waals surface area contributed by atoms with E-state index >= 15 is 0 Å². The van der Waals surface area contributed by atoms with Crippen molar-refractivity contribution in [1.82, 2.24) is 4.98 Å². The first kappa shape index (κ1) is 12.9. The molecule has 2 nitrogen and oxygen atoms in total. The number of aromatic hydroxyl groups is 1. The van der Waals surface area contributed by atoms with Gasteiger partial charge in [0.2, 0.25) is 0 Å². The number of thiazole rings is 1. The molecule has 2 aromatic carbocycles. The Bertz CT molecular complexity index is 786. The van der Waals surface area contributed by atoms with E-state index in [2.05, 4.69) is 4.98 Å². The van der Waals surface area contributed by atoms with Gasteiger partial charge in [0, 0.05) is 0 Å². The summed E-state index contributed by atoms with van der Waals surface area (Å²) >= 11 is 0.635. The second kappa shape index (κ2) is 4.45. The standard InChI is InChI=1S/C13H5F4NOS/c14-7-8(15)10(17)12-11(9(7)16)18-13(20-12)5-3-1-2-4-6(5)19/h1-4,19H. The summed E-state index contributed by atoms with van der Waals surface area (Å²) in [5, 5.41) is 9.74. The average molecular weight is 299 g/mol. The number of aromatic nitrogens is 1. The van der Waals surface area contributed by atoms with Gasteiger partial charge >= 0.3 is 0 Å². The molecule has 0 unspecified atom stereocenters. The summed E-state index contributed by atoms with van der Waals surface area (Å²) in [7, 11) is 0. The van der Waals surface area contributed by atoms with Crippen LogP contribution in [0.3, 0.4) is 0 Å². The number of nitrogens with zero attached hydrogens (tertiary/aromatic N) is 1. The molecule has 0 spiro atoms. The van der Waals surface area contributed by atoms with Crippen LogP contribution in [0.15, 0.2) is 24.3 Å². The van der Waals surface area contributed by atoms with Crippen molar-refractivity contribution in [3.8, 4) is 16.3 Å². The van der Waals surface area contributed by atoms with Crippen molar-refractivity contribution in [3.05, 3.63) is 47.5 Å². The fourth-order valence-electron chi connectivity index (χ4n) is 1.78. The minimum Gasteiger partial charge on any atom is -0.507 e. The van der Waals surface area contributed by atoms with Crippen molar-refractivity contribution in [3.63, 3.8) is 0 Å². The quantitative estimate of drug-likeness (QED) is 0.414. The van der Waals surface area contributed by atoms with Crippen molar-refractivity contribution in [2.24, 2.45) is 0 Å². The topological polar surface area (TPSA) is 33.1 Å². The highest BCUT2D eigenvalue weighted by atomic mass is 32.1. The maximum absolute atomic E-state index is 13.6. The molecule has 1 N–H and O–H groups in total. The van der Waals surface area contributed by atoms with Crippen molar-refractivity contribution >= 4 is 21.6 Å². The lowest BCUT2D eigenvalue weighted by atomic mass is 10.2. The largest absolute Gasteiger partial charge is 0.507 e. The number of hydrogen-bond acceptors (Lipinski definition) is 3. The highest BCUT2D eigenvalue weighted by molar-refractivity contribution is 7.21. The lowest BCUT2D eigenvalue weighted by Gasteiger charge is -1.98. The van der Waals surface area contributed by atoms with Crippen LogP contribution < -0.4 is 0 Å². The number of halogens is 4. The van der Waals surface area contributed by atoms with Gasteiger partial charge < -0.3 is 5.11 Å². The van der Waals surface area contributed by atoms with Crippen molar-refractivity contribution in [1.29, 1.82) is 0 Å². The second-order valence-electron chi connectivity index (χ2n) is 3.97. The SMILES string of the molecule is Oc1ccccc1-c1nc2c(F)c(F)c(F)c(F)c2s1. The molecule has 0 aliphatic rings. The fourth-order valence-corrected chi connectivity index (χ4v) is 2.81. The third-order valence-corrected chi connectivity index (χ3v) is 3.83. The summed E-state index contributed by atoms with van der Waals surface area (Å²) in [5.41, 5.74) is -0.363. The molecule has 20 heavy (non-hydrogen) atoms. The third kappa shape index (κ3) is 1.74. The van der Waals surface area contributed by atoms with E-state index in [9.17, 15) is 22.7 Å². The highest BCUT2D eigenvalue weighted by Crippen LogP contribution is 2.38. The molecule has 3 aromatic rings. The molecule has 0 saturated heterocycles. The number of para-hydroxylation sites is 1. The van der Waals surface area contributed by atoms with Crippen LogP contribution in [0, 0.1) is 23.3 Å². The van der Waals surface area contributed by atoms with E-state index in [-0.39, 0.29) is 16.3 Å². The Labute approximate surface area is 113 Å². The molecule has 3 rings (SSSR count). The van der Waals surface area contributed by atoms with Crippen LogP contribution >= 0.6 is 11.3 Å². The second-order valence-corrected chi connectivity index (χ2v) is 4.97. The first-order valence-electron chi connectivity index (χ1n) is 5.41. The third-order valence-electron chi connectivity index (χ3n) is 2.75. The van der Waals surface area contributed by atoms with Gasteiger partial charge in [-0.3, -0.25) is 0 Å². The van der Waals surface area contributed by atoms with Crippen LogP contribution in [-0.2, 0) is 0 Å². The van der Waals surface area contributed by atoms with Crippen molar-refractivity contribution < 1.29 is 22.7 Å². The zero-order valence-corrected chi connectivity index (χ0v) is 10.4. The van der Waals surface area contributed by atoms with Gasteiger partial charge in [-0.1, -0.05) is 12.1 Å². The number of phenolic OH excluding ortho intramolecular Hbond substituents is 1. The van der Waals surface area contributed by atoms with Gasteiger partial charge in [-0.15, -0.1) is 11.3 Å². The van der Waals surface area contributed by atoms with Gasteiger partial charge in [-0.2, -0.15) is 0 Å². The number of benzene rings is 2. The molecule has 0 aliphatic heterocycles. The minimum absolute atomic E-state index is 0.0703. The Hall–Kier alpha value is -2.15. The van der Waals surface area contributed by atoms with E-state index in [4.69, 9.17) is 0 Å². The number of hydrogen-bond donors (Lipinski definition) is 1. The predicted molar refractivity (Wildman–Crippen MR) is 66.6 cm³/mol. The van der Waals surface area contributed by atoms with Crippen molar-refractivity contribution in [2.45, 2.75) is 0 Å². The molecule has 0 aliphatic carbocycles. The van der Waals surface area contributed by atoms with Crippen LogP contribution in [0.25, 0.3) is 20.8 Å². The molecule has 0 atom stereocenters. The van der Waals surface area contributed by atoms with Crippen LogP contribution in [-0.4, -0.2) is 10.1 Å². The van der Waals surface area contributed by atoms with Gasteiger partial charge in [0.25, 0.3) is 0 Å². The maximum Gasteiger partial charge on any atom is 0.199 e. The number of fused-ring (bicyclic) bond motifs is 1. The fraction of sp³-hybridized carbons (Fsp3) is 0. The van der Waals surface area contributed by atoms with Gasteiger partial charge in [-0.05, 0) is 12.1 Å². The van der Waals surface area contributed by atoms with Crippen LogP contribution in [0.2, 0.25) is 0 Å². The minimum atomic E-state index is -1.90. The summed E-state index contributed by atoms with van der Waals surface area (Å²) in [6, 6.07) is 6.01. The number of rotatable bonds is 1. The van der Waals surface area contributed by atoms with Gasteiger partial charge in [-0.25, -0.2) is 22.5 Å². The van der Waals surface area contributed by atoms with Crippen LogP contribution in [0.4, 0.5) is 17.6 Å². The zero-order chi connectivity index (χ0) is 14.4. The molecule has 0 fully saturated rings. The number of phenols is 1. The highest BCUT2D eigenvalue weighted by Gasteiger charge is 2.24. The van der Waals surface area contributed by atoms with E-state index in [0.29, 0.717) is 11.3 Å². The Balaban J connectivity index is 2.35. The summed E-state index contributed by atoms with van der Waals surface area (Å²) in [6.45, 7) is 0. The molecular weight excluding hydrogens is 294 g/mol. The van der Waals surface area contributed by atoms with Crippen LogP contribution in [0.1, 0.15) is 0 Å². The van der Waals surface area contributed by atoms with Gasteiger partial charge in [0.15, 0.2) is 23.3 Å². The van der Waals surface area contributed by atoms with E-state index in [1.54, 1.807) is 12.1 Å². The Morgan fingerprint density at radius 2 is 1.55 bits per heavy atom. The van der Waals surface area contributed by atoms with Crippen molar-refractivity contribution in [2.75, 3.05) is 0 Å². The molecule has 7 heteroatoms. The monoisotopic (exact) mass is 299 g/mol. The summed E-state index contributed by atoms with van der Waals surface area (Å²) in [5.74, 6) is -6.95. The maximum atomic E-state index is 13.6.